The zero-order chi connectivity index (χ0) is 13.4. The maximum atomic E-state index is 12.3. The second-order valence-corrected chi connectivity index (χ2v) is 4.11. The zero-order valence-electron chi connectivity index (χ0n) is 9.20. The van der Waals surface area contributed by atoms with Gasteiger partial charge in [0.1, 0.15) is 5.75 Å². The van der Waals surface area contributed by atoms with Gasteiger partial charge in [-0.2, -0.15) is 13.2 Å². The third-order valence-corrected chi connectivity index (χ3v) is 2.55. The average molecular weight is 306 g/mol. The summed E-state index contributed by atoms with van der Waals surface area (Å²) in [6, 6.07) is 0.698. The Bertz CT molecular complexity index is 426. The van der Waals surface area contributed by atoms with E-state index in [2.05, 4.69) is 0 Å². The van der Waals surface area contributed by atoms with Crippen LogP contribution < -0.4 is 5.73 Å². The summed E-state index contributed by atoms with van der Waals surface area (Å²) in [5.74, 6) is -0.398. The Kier molecular flexibility index (Phi) is 5.74. The van der Waals surface area contributed by atoms with Crippen molar-refractivity contribution >= 4 is 24.0 Å². The molecule has 2 atom stereocenters. The largest absolute Gasteiger partial charge is 0.507 e. The SMILES string of the molecule is Cc1cc(Cl)cc([C@@H](N)[C@@H](O)C(F)(F)F)c1O.Cl. The van der Waals surface area contributed by atoms with Gasteiger partial charge in [0.15, 0.2) is 6.10 Å². The van der Waals surface area contributed by atoms with E-state index in [4.69, 9.17) is 22.4 Å². The lowest BCUT2D eigenvalue weighted by molar-refractivity contribution is -0.210. The van der Waals surface area contributed by atoms with Crippen molar-refractivity contribution < 1.29 is 23.4 Å². The van der Waals surface area contributed by atoms with E-state index in [0.29, 0.717) is 0 Å². The number of phenols is 1. The Morgan fingerprint density at radius 1 is 1.33 bits per heavy atom. The smallest absolute Gasteiger partial charge is 0.416 e. The lowest BCUT2D eigenvalue weighted by atomic mass is 9.98. The van der Waals surface area contributed by atoms with Crippen molar-refractivity contribution in [1.29, 1.82) is 0 Å². The molecule has 18 heavy (non-hydrogen) atoms. The van der Waals surface area contributed by atoms with Gasteiger partial charge < -0.3 is 15.9 Å². The van der Waals surface area contributed by atoms with E-state index in [1.165, 1.54) is 13.0 Å². The Hall–Kier alpha value is -0.690. The molecule has 0 aliphatic rings. The Morgan fingerprint density at radius 2 is 1.83 bits per heavy atom. The van der Waals surface area contributed by atoms with Crippen LogP contribution in [0, 0.1) is 6.92 Å². The van der Waals surface area contributed by atoms with Crippen molar-refractivity contribution in [2.75, 3.05) is 0 Å². The summed E-state index contributed by atoms with van der Waals surface area (Å²) in [7, 11) is 0. The number of alkyl halides is 3. The van der Waals surface area contributed by atoms with Gasteiger partial charge in [-0.05, 0) is 24.6 Å². The van der Waals surface area contributed by atoms with E-state index in [0.717, 1.165) is 6.07 Å². The molecule has 1 aromatic carbocycles. The Labute approximate surface area is 113 Å². The predicted molar refractivity (Wildman–Crippen MR) is 64.1 cm³/mol. The number of hydrogen-bond donors (Lipinski definition) is 3. The first-order valence-corrected chi connectivity index (χ1v) is 5.01. The molecular weight excluding hydrogens is 294 g/mol. The summed E-state index contributed by atoms with van der Waals surface area (Å²) >= 11 is 5.66. The number of phenolic OH excluding ortho intramolecular Hbond substituents is 1. The lowest BCUT2D eigenvalue weighted by Gasteiger charge is -2.23. The van der Waals surface area contributed by atoms with Crippen LogP contribution in [0.4, 0.5) is 13.2 Å². The fraction of sp³-hybridized carbons (Fsp3) is 0.400. The normalized spacial score (nSPS) is 14.8. The highest BCUT2D eigenvalue weighted by molar-refractivity contribution is 6.30. The van der Waals surface area contributed by atoms with Crippen LogP contribution in [0.1, 0.15) is 17.2 Å². The van der Waals surface area contributed by atoms with Crippen LogP contribution >= 0.6 is 24.0 Å². The van der Waals surface area contributed by atoms with Crippen LogP contribution in [0.5, 0.6) is 5.75 Å². The third kappa shape index (κ3) is 3.65. The molecule has 0 radical (unpaired) electrons. The number of aliphatic hydroxyl groups excluding tert-OH is 1. The molecule has 8 heteroatoms. The second kappa shape index (κ2) is 5.97. The number of halogens is 5. The van der Waals surface area contributed by atoms with Crippen LogP contribution in [0.3, 0.4) is 0 Å². The molecule has 0 aliphatic heterocycles. The van der Waals surface area contributed by atoms with Crippen molar-refractivity contribution in [2.24, 2.45) is 5.73 Å². The van der Waals surface area contributed by atoms with E-state index in [1.807, 2.05) is 0 Å². The number of benzene rings is 1. The van der Waals surface area contributed by atoms with Crippen LogP contribution in [0.2, 0.25) is 5.02 Å². The third-order valence-electron chi connectivity index (χ3n) is 2.33. The van der Waals surface area contributed by atoms with Gasteiger partial charge in [-0.25, -0.2) is 0 Å². The van der Waals surface area contributed by atoms with Gasteiger partial charge in [0.05, 0.1) is 6.04 Å². The molecule has 0 aromatic heterocycles. The van der Waals surface area contributed by atoms with Crippen LogP contribution in [-0.2, 0) is 0 Å². The van der Waals surface area contributed by atoms with E-state index in [9.17, 15) is 18.3 Å². The highest BCUT2D eigenvalue weighted by Gasteiger charge is 2.43. The Morgan fingerprint density at radius 3 is 2.28 bits per heavy atom. The van der Waals surface area contributed by atoms with Gasteiger partial charge in [0.2, 0.25) is 0 Å². The maximum absolute atomic E-state index is 12.3. The molecule has 0 saturated heterocycles. The fourth-order valence-electron chi connectivity index (χ4n) is 1.39. The minimum atomic E-state index is -4.86. The van der Waals surface area contributed by atoms with Crippen molar-refractivity contribution in [3.63, 3.8) is 0 Å². The van der Waals surface area contributed by atoms with Crippen molar-refractivity contribution in [2.45, 2.75) is 25.2 Å². The minimum Gasteiger partial charge on any atom is -0.507 e. The summed E-state index contributed by atoms with van der Waals surface area (Å²) < 4.78 is 36.8. The van der Waals surface area contributed by atoms with Gasteiger partial charge in [-0.3, -0.25) is 0 Å². The minimum absolute atomic E-state index is 0. The molecule has 0 saturated carbocycles. The highest BCUT2D eigenvalue weighted by atomic mass is 35.5. The molecule has 0 heterocycles. The number of rotatable bonds is 2. The number of aromatic hydroxyl groups is 1. The number of nitrogens with two attached hydrogens (primary N) is 1. The summed E-state index contributed by atoms with van der Waals surface area (Å²) in [6.07, 6.45) is -7.62. The molecular formula is C10H12Cl2F3NO2. The molecule has 4 N–H and O–H groups in total. The highest BCUT2D eigenvalue weighted by Crippen LogP contribution is 2.35. The first-order valence-electron chi connectivity index (χ1n) is 4.64. The average Bonchev–Trinajstić information content (AvgIpc) is 2.20. The number of aryl methyl sites for hydroxylation is 1. The summed E-state index contributed by atoms with van der Waals surface area (Å²) in [6.45, 7) is 1.47. The van der Waals surface area contributed by atoms with Crippen molar-refractivity contribution in [3.8, 4) is 5.75 Å². The van der Waals surface area contributed by atoms with Gasteiger partial charge in [0, 0.05) is 10.6 Å². The Balaban J connectivity index is 0.00000289. The van der Waals surface area contributed by atoms with Gasteiger partial charge >= 0.3 is 6.18 Å². The van der Waals surface area contributed by atoms with Gasteiger partial charge in [0.25, 0.3) is 0 Å². The molecule has 1 rings (SSSR count). The lowest BCUT2D eigenvalue weighted by Crippen LogP contribution is -2.38. The van der Waals surface area contributed by atoms with Crippen LogP contribution in [-0.4, -0.2) is 22.5 Å². The second-order valence-electron chi connectivity index (χ2n) is 3.67. The zero-order valence-corrected chi connectivity index (χ0v) is 10.8. The van der Waals surface area contributed by atoms with Gasteiger partial charge in [-0.1, -0.05) is 11.6 Å². The molecule has 0 amide bonds. The first-order chi connectivity index (χ1) is 7.64. The standard InChI is InChI=1S/C10H11ClF3NO2.ClH/c1-4-2-5(11)3-6(8(4)16)7(15)9(17)10(12,13)14;/h2-3,7,9,16-17H,15H2,1H3;1H/t7-,9-;/m1./s1. The molecule has 0 unspecified atom stereocenters. The molecule has 0 bridgehead atoms. The van der Waals surface area contributed by atoms with Crippen LogP contribution in [0.15, 0.2) is 12.1 Å². The quantitative estimate of drug-likeness (QED) is 0.787. The van der Waals surface area contributed by atoms with Crippen molar-refractivity contribution in [3.05, 3.63) is 28.3 Å². The van der Waals surface area contributed by atoms with E-state index < -0.39 is 24.1 Å². The molecule has 1 aromatic rings. The van der Waals surface area contributed by atoms with E-state index in [-0.39, 0.29) is 28.6 Å². The predicted octanol–water partition coefficient (Wildman–Crippen LogP) is 2.70. The topological polar surface area (TPSA) is 66.5 Å². The first kappa shape index (κ1) is 17.3. The number of hydrogen-bond acceptors (Lipinski definition) is 3. The molecule has 0 aliphatic carbocycles. The fourth-order valence-corrected chi connectivity index (χ4v) is 1.67. The monoisotopic (exact) mass is 305 g/mol. The summed E-state index contributed by atoms with van der Waals surface area (Å²) in [5.41, 5.74) is 5.33. The van der Waals surface area contributed by atoms with E-state index in [1.54, 1.807) is 0 Å². The van der Waals surface area contributed by atoms with Crippen LogP contribution in [0.25, 0.3) is 0 Å². The molecule has 0 fully saturated rings. The molecule has 0 spiro atoms. The molecule has 104 valence electrons. The molecule has 3 nitrogen and oxygen atoms in total. The van der Waals surface area contributed by atoms with E-state index >= 15 is 0 Å². The summed E-state index contributed by atoms with van der Waals surface area (Å²) in [5, 5.41) is 18.7. The maximum Gasteiger partial charge on any atom is 0.416 e. The number of aliphatic hydroxyl groups is 1. The van der Waals surface area contributed by atoms with Gasteiger partial charge in [-0.15, -0.1) is 12.4 Å². The van der Waals surface area contributed by atoms with Crippen molar-refractivity contribution in [1.82, 2.24) is 0 Å². The summed E-state index contributed by atoms with van der Waals surface area (Å²) in [4.78, 5) is 0.